The Balaban J connectivity index is 2.39. The van der Waals surface area contributed by atoms with E-state index in [2.05, 4.69) is 32.0 Å². The molecule has 17 heavy (non-hydrogen) atoms. The normalized spacial score (nSPS) is 10.3. The van der Waals surface area contributed by atoms with Crippen LogP contribution in [-0.4, -0.2) is 17.0 Å². The molecule has 0 radical (unpaired) electrons. The van der Waals surface area contributed by atoms with E-state index in [-0.39, 0.29) is 0 Å². The van der Waals surface area contributed by atoms with Gasteiger partial charge in [-0.15, -0.1) is 0 Å². The molecule has 0 spiro atoms. The lowest BCUT2D eigenvalue weighted by atomic mass is 10.2. The number of nitrogen functional groups attached to an aromatic ring is 1. The molecule has 88 valence electrons. The zero-order valence-electron chi connectivity index (χ0n) is 9.68. The molecule has 2 aromatic rings. The molecule has 1 aromatic carbocycles. The average Bonchev–Trinajstić information content (AvgIpc) is 2.26. The number of aryl methyl sites for hydroxylation is 1. The van der Waals surface area contributed by atoms with Crippen LogP contribution in [0.3, 0.4) is 0 Å². The molecule has 0 saturated carbocycles. The number of halogens is 1. The maximum Gasteiger partial charge on any atom is 0.232 e. The van der Waals surface area contributed by atoms with Gasteiger partial charge in [-0.3, -0.25) is 0 Å². The molecule has 0 fully saturated rings. The summed E-state index contributed by atoms with van der Waals surface area (Å²) < 4.78 is 0.680. The topological polar surface area (TPSA) is 55.0 Å². The third-order valence-corrected chi connectivity index (χ3v) is 2.80. The predicted octanol–water partition coefficient (Wildman–Crippen LogP) is 2.90. The smallest absolute Gasteiger partial charge is 0.232 e. The first-order valence-corrected chi connectivity index (χ1v) is 5.96. The van der Waals surface area contributed by atoms with Crippen LogP contribution in [0, 0.1) is 6.92 Å². The summed E-state index contributed by atoms with van der Waals surface area (Å²) in [5, 5.41) is 0. The van der Waals surface area contributed by atoms with Crippen LogP contribution in [0.5, 0.6) is 0 Å². The van der Waals surface area contributed by atoms with Crippen LogP contribution in [0.1, 0.15) is 5.56 Å². The second kappa shape index (κ2) is 4.71. The van der Waals surface area contributed by atoms with Crippen LogP contribution in [-0.2, 0) is 0 Å². The van der Waals surface area contributed by atoms with Crippen molar-refractivity contribution in [2.45, 2.75) is 6.92 Å². The lowest BCUT2D eigenvalue weighted by Crippen LogP contribution is -2.14. The van der Waals surface area contributed by atoms with E-state index in [4.69, 9.17) is 5.73 Å². The monoisotopic (exact) mass is 292 g/mol. The Morgan fingerprint density at radius 1 is 1.24 bits per heavy atom. The molecular formula is C12H13BrN4. The highest BCUT2D eigenvalue weighted by Gasteiger charge is 2.08. The predicted molar refractivity (Wildman–Crippen MR) is 73.4 cm³/mol. The van der Waals surface area contributed by atoms with Crippen LogP contribution >= 0.6 is 15.9 Å². The summed E-state index contributed by atoms with van der Waals surface area (Å²) in [7, 11) is 1.91. The Bertz CT molecular complexity index is 522. The van der Waals surface area contributed by atoms with Gasteiger partial charge in [-0.25, -0.2) is 4.98 Å². The lowest BCUT2D eigenvalue weighted by Gasteiger charge is -2.17. The molecule has 5 heteroatoms. The van der Waals surface area contributed by atoms with Crippen molar-refractivity contribution in [3.8, 4) is 0 Å². The van der Waals surface area contributed by atoms with Crippen molar-refractivity contribution >= 4 is 33.4 Å². The van der Waals surface area contributed by atoms with Gasteiger partial charge in [-0.1, -0.05) is 12.1 Å². The number of rotatable bonds is 2. The molecule has 0 aliphatic carbocycles. The maximum atomic E-state index is 5.70. The van der Waals surface area contributed by atoms with Crippen molar-refractivity contribution in [2.24, 2.45) is 0 Å². The minimum atomic E-state index is 0.446. The van der Waals surface area contributed by atoms with Crippen molar-refractivity contribution in [3.63, 3.8) is 0 Å². The molecule has 0 aliphatic rings. The van der Waals surface area contributed by atoms with E-state index in [0.29, 0.717) is 16.4 Å². The van der Waals surface area contributed by atoms with E-state index in [1.807, 2.05) is 37.1 Å². The molecule has 1 heterocycles. The summed E-state index contributed by atoms with van der Waals surface area (Å²) in [4.78, 5) is 10.4. The van der Waals surface area contributed by atoms with Crippen molar-refractivity contribution < 1.29 is 0 Å². The quantitative estimate of drug-likeness (QED) is 0.865. The Hall–Kier alpha value is -1.62. The minimum Gasteiger partial charge on any atom is -0.383 e. The number of benzene rings is 1. The Kier molecular flexibility index (Phi) is 3.28. The second-order valence-corrected chi connectivity index (χ2v) is 4.63. The van der Waals surface area contributed by atoms with Crippen molar-refractivity contribution in [1.29, 1.82) is 0 Å². The second-order valence-electron chi connectivity index (χ2n) is 3.81. The van der Waals surface area contributed by atoms with Gasteiger partial charge in [0.15, 0.2) is 0 Å². The largest absolute Gasteiger partial charge is 0.383 e. The SMILES string of the molecule is Cc1cccc(N(C)c2nc(N)cc(Br)n2)c1. The van der Waals surface area contributed by atoms with Gasteiger partial charge in [0.2, 0.25) is 5.95 Å². The van der Waals surface area contributed by atoms with E-state index < -0.39 is 0 Å². The molecule has 0 saturated heterocycles. The van der Waals surface area contributed by atoms with Crippen molar-refractivity contribution in [2.75, 3.05) is 17.7 Å². The Morgan fingerprint density at radius 2 is 2.00 bits per heavy atom. The molecule has 2 N–H and O–H groups in total. The van der Waals surface area contributed by atoms with E-state index in [1.54, 1.807) is 6.07 Å². The first-order valence-electron chi connectivity index (χ1n) is 5.17. The number of anilines is 3. The zero-order valence-corrected chi connectivity index (χ0v) is 11.3. The van der Waals surface area contributed by atoms with Gasteiger partial charge >= 0.3 is 0 Å². The summed E-state index contributed by atoms with van der Waals surface area (Å²) in [5.41, 5.74) is 7.92. The molecule has 0 amide bonds. The fourth-order valence-electron chi connectivity index (χ4n) is 1.52. The zero-order chi connectivity index (χ0) is 12.4. The molecule has 0 unspecified atom stereocenters. The molecule has 4 nitrogen and oxygen atoms in total. The molecule has 0 atom stereocenters. The van der Waals surface area contributed by atoms with E-state index in [1.165, 1.54) is 5.56 Å². The highest BCUT2D eigenvalue weighted by molar-refractivity contribution is 9.10. The highest BCUT2D eigenvalue weighted by Crippen LogP contribution is 2.23. The number of hydrogen-bond donors (Lipinski definition) is 1. The van der Waals surface area contributed by atoms with Crippen LogP contribution in [0.4, 0.5) is 17.5 Å². The van der Waals surface area contributed by atoms with Gasteiger partial charge in [-0.2, -0.15) is 4.98 Å². The van der Waals surface area contributed by atoms with Gasteiger partial charge in [0.05, 0.1) is 0 Å². The van der Waals surface area contributed by atoms with Crippen molar-refractivity contribution in [1.82, 2.24) is 9.97 Å². The summed E-state index contributed by atoms with van der Waals surface area (Å²) in [6.07, 6.45) is 0. The number of nitrogens with zero attached hydrogens (tertiary/aromatic N) is 3. The highest BCUT2D eigenvalue weighted by atomic mass is 79.9. The lowest BCUT2D eigenvalue weighted by molar-refractivity contribution is 1.03. The molecule has 0 bridgehead atoms. The minimum absolute atomic E-state index is 0.446. The van der Waals surface area contributed by atoms with Gasteiger partial charge in [0.1, 0.15) is 10.4 Å². The third-order valence-electron chi connectivity index (χ3n) is 2.39. The maximum absolute atomic E-state index is 5.70. The summed E-state index contributed by atoms with van der Waals surface area (Å²) in [6.45, 7) is 2.05. The van der Waals surface area contributed by atoms with E-state index in [0.717, 1.165) is 5.69 Å². The van der Waals surface area contributed by atoms with Crippen molar-refractivity contribution in [3.05, 3.63) is 40.5 Å². The third kappa shape index (κ3) is 2.74. The summed E-state index contributed by atoms with van der Waals surface area (Å²) in [6, 6.07) is 9.80. The fourth-order valence-corrected chi connectivity index (χ4v) is 1.92. The van der Waals surface area contributed by atoms with Gasteiger partial charge in [0.25, 0.3) is 0 Å². The van der Waals surface area contributed by atoms with Crippen LogP contribution < -0.4 is 10.6 Å². The van der Waals surface area contributed by atoms with Crippen LogP contribution in [0.15, 0.2) is 34.9 Å². The van der Waals surface area contributed by atoms with Gasteiger partial charge in [0, 0.05) is 18.8 Å². The summed E-state index contributed by atoms with van der Waals surface area (Å²) >= 11 is 3.31. The standard InChI is InChI=1S/C12H13BrN4/c1-8-4-3-5-9(6-8)17(2)12-15-10(13)7-11(14)16-12/h3-7H,1-2H3,(H2,14,15,16). The first-order chi connectivity index (χ1) is 8.06. The van der Waals surface area contributed by atoms with Crippen LogP contribution in [0.2, 0.25) is 0 Å². The molecular weight excluding hydrogens is 280 g/mol. The van der Waals surface area contributed by atoms with E-state index in [9.17, 15) is 0 Å². The fraction of sp³-hybridized carbons (Fsp3) is 0.167. The van der Waals surface area contributed by atoms with Gasteiger partial charge in [-0.05, 0) is 40.5 Å². The molecule has 0 aliphatic heterocycles. The number of hydrogen-bond acceptors (Lipinski definition) is 4. The number of nitrogens with two attached hydrogens (primary N) is 1. The Labute approximate surface area is 109 Å². The number of aromatic nitrogens is 2. The van der Waals surface area contributed by atoms with Crippen LogP contribution in [0.25, 0.3) is 0 Å². The average molecular weight is 293 g/mol. The first kappa shape index (κ1) is 11.9. The summed E-state index contributed by atoms with van der Waals surface area (Å²) in [5.74, 6) is 1.02. The van der Waals surface area contributed by atoms with E-state index >= 15 is 0 Å². The van der Waals surface area contributed by atoms with Gasteiger partial charge < -0.3 is 10.6 Å². The molecule has 1 aromatic heterocycles. The Morgan fingerprint density at radius 3 is 2.65 bits per heavy atom. The molecule has 2 rings (SSSR count).